The first-order valence-corrected chi connectivity index (χ1v) is 5.41. The zero-order chi connectivity index (χ0) is 9.72. The summed E-state index contributed by atoms with van der Waals surface area (Å²) in [5.41, 5.74) is 0. The Balaban J connectivity index is 0. The predicted molar refractivity (Wildman–Crippen MR) is 48.4 cm³/mol. The van der Waals surface area contributed by atoms with Gasteiger partial charge in [0.1, 0.15) is 0 Å². The van der Waals surface area contributed by atoms with E-state index in [0.717, 1.165) is 0 Å². The molecule has 6 nitrogen and oxygen atoms in total. The number of carbonyl (C=O) groups excluding carboxylic acids is 2. The number of hydrogen-bond acceptors (Lipinski definition) is 6. The summed E-state index contributed by atoms with van der Waals surface area (Å²) >= 11 is 0.318. The minimum atomic E-state index is -1.85. The molecule has 0 aliphatic heterocycles. The third kappa shape index (κ3) is 6.33. The quantitative estimate of drug-likeness (QED) is 0.433. The molecule has 0 spiro atoms. The Labute approximate surface area is 145 Å². The fraction of sp³-hybridized carbons (Fsp3) is 0.500. The van der Waals surface area contributed by atoms with E-state index in [4.69, 9.17) is 10.2 Å². The Kier molecular flexibility index (Phi) is 12.6. The second-order valence-electron chi connectivity index (χ2n) is 1.76. The Morgan fingerprint density at radius 3 is 1.38 bits per heavy atom. The molecule has 2 N–H and O–H groups in total. The van der Waals surface area contributed by atoms with Crippen molar-refractivity contribution < 1.29 is 25.8 Å². The average Bonchev–Trinajstić information content (AvgIpc) is 2.12. The second kappa shape index (κ2) is 9.37. The van der Waals surface area contributed by atoms with Gasteiger partial charge in [-0.1, -0.05) is 0 Å². The molecule has 0 aromatic heterocycles. The maximum atomic E-state index is 10.6. The fourth-order valence-electron chi connectivity index (χ4n) is 0.397. The number of aliphatic hydroxyl groups is 2. The van der Waals surface area contributed by atoms with Crippen LogP contribution in [-0.4, -0.2) is 133 Å². The standard InChI is InChI=1S/C4H6O6.K.2Sb.5H/c5-1(3(7)8)2(6)4(9)10;;;;;;;;/h1-2,5-6H,(H,7,8)(H,9,10);;;;;;;;/q;;2*+1;;;;;/p-2. The van der Waals surface area contributed by atoms with E-state index in [-0.39, 0.29) is 98.3 Å². The van der Waals surface area contributed by atoms with Crippen LogP contribution in [0.1, 0.15) is 0 Å². The molecule has 0 bridgehead atoms. The molecule has 0 saturated carbocycles. The van der Waals surface area contributed by atoms with Crippen LogP contribution in [0, 0.1) is 0 Å². The summed E-state index contributed by atoms with van der Waals surface area (Å²) in [5.74, 6) is -2.04. The molecule has 0 aliphatic rings. The van der Waals surface area contributed by atoms with Gasteiger partial charge in [0.25, 0.3) is 0 Å². The number of carbonyl (C=O) groups is 2. The van der Waals surface area contributed by atoms with Crippen molar-refractivity contribution in [3.8, 4) is 0 Å². The average molecular weight is 436 g/mol. The Morgan fingerprint density at radius 1 is 1.00 bits per heavy atom. The predicted octanol–water partition coefficient (Wildman–Crippen LogP) is -4.76. The third-order valence-electron chi connectivity index (χ3n) is 1.01. The zero-order valence-corrected chi connectivity index (χ0v) is 12.4. The van der Waals surface area contributed by atoms with E-state index in [2.05, 4.69) is 6.03 Å². The van der Waals surface area contributed by atoms with Crippen LogP contribution in [0.4, 0.5) is 0 Å². The van der Waals surface area contributed by atoms with Crippen LogP contribution in [0.5, 0.6) is 0 Å². The van der Waals surface area contributed by atoms with Crippen molar-refractivity contribution in [3.63, 3.8) is 0 Å². The van der Waals surface area contributed by atoms with Crippen LogP contribution in [0.15, 0.2) is 0 Å². The van der Waals surface area contributed by atoms with Crippen molar-refractivity contribution in [1.82, 2.24) is 0 Å². The first-order chi connectivity index (χ1) is 5.54. The normalized spacial score (nSPS) is 13.5. The van der Waals surface area contributed by atoms with E-state index in [1.54, 1.807) is 0 Å². The molecule has 0 saturated heterocycles. The van der Waals surface area contributed by atoms with Gasteiger partial charge in [0.05, 0.1) is 0 Å². The molecule has 0 aromatic carbocycles. The van der Waals surface area contributed by atoms with Gasteiger partial charge in [0.15, 0.2) is 0 Å². The van der Waals surface area contributed by atoms with Crippen molar-refractivity contribution in [2.24, 2.45) is 0 Å². The van der Waals surface area contributed by atoms with Gasteiger partial charge in [-0.3, -0.25) is 0 Å². The van der Waals surface area contributed by atoms with Crippen LogP contribution < -0.4 is 0 Å². The minimum absolute atomic E-state index is 0. The summed E-state index contributed by atoms with van der Waals surface area (Å²) in [7, 11) is 0. The van der Waals surface area contributed by atoms with Crippen molar-refractivity contribution in [2.45, 2.75) is 12.2 Å². The summed E-state index contributed by atoms with van der Waals surface area (Å²) in [4.78, 5) is 21.2. The van der Waals surface area contributed by atoms with Gasteiger partial charge in [-0.05, 0) is 0 Å². The van der Waals surface area contributed by atoms with E-state index < -0.39 is 24.1 Å². The molecule has 0 heterocycles. The molecule has 0 radical (unpaired) electrons. The summed E-state index contributed by atoms with van der Waals surface area (Å²) in [6.45, 7) is 0. The molecule has 0 rings (SSSR count). The summed E-state index contributed by atoms with van der Waals surface area (Å²) < 4.78 is 8.42. The molecule has 0 fully saturated rings. The Morgan fingerprint density at radius 2 is 1.23 bits per heavy atom. The van der Waals surface area contributed by atoms with Crippen molar-refractivity contribution >= 4 is 110 Å². The van der Waals surface area contributed by atoms with E-state index in [0.29, 0.717) is 0 Å². The monoisotopic (exact) mass is 434 g/mol. The van der Waals surface area contributed by atoms with Gasteiger partial charge in [0, 0.05) is 0 Å². The van der Waals surface area contributed by atoms with Gasteiger partial charge in [-0.15, -0.1) is 0 Å². The first kappa shape index (κ1) is 17.5. The maximum absolute atomic E-state index is 10.6. The zero-order valence-electron chi connectivity index (χ0n) is 5.84. The summed E-state index contributed by atoms with van der Waals surface area (Å²) in [5, 5.41) is 17.8. The van der Waals surface area contributed by atoms with Crippen molar-refractivity contribution in [2.75, 3.05) is 0 Å². The molecule has 9 heteroatoms. The van der Waals surface area contributed by atoms with E-state index in [9.17, 15) is 9.59 Å². The van der Waals surface area contributed by atoms with Crippen LogP contribution in [0.25, 0.3) is 0 Å². The van der Waals surface area contributed by atoms with Gasteiger partial charge in [-0.2, -0.15) is 0 Å². The number of rotatable bonds is 3. The first-order valence-electron chi connectivity index (χ1n) is 2.71. The van der Waals surface area contributed by atoms with Crippen molar-refractivity contribution in [1.29, 1.82) is 0 Å². The summed E-state index contributed by atoms with van der Waals surface area (Å²) in [6.07, 6.45) is -3.69. The molecule has 2 atom stereocenters. The van der Waals surface area contributed by atoms with Gasteiger partial charge >= 0.3 is 148 Å². The summed E-state index contributed by atoms with van der Waals surface area (Å²) in [6, 6.07) is 0. The molecule has 0 aromatic rings. The fourth-order valence-corrected chi connectivity index (χ4v) is 1.19. The molecule has 13 heavy (non-hydrogen) atoms. The topological polar surface area (TPSA) is 93.1 Å². The molecular weight excluding hydrogens is 427 g/mol. The van der Waals surface area contributed by atoms with Crippen LogP contribution in [0.2, 0.25) is 0 Å². The van der Waals surface area contributed by atoms with Gasteiger partial charge in [-0.25, -0.2) is 0 Å². The molecule has 2 unspecified atom stereocenters. The Bertz CT molecular complexity index is 167. The van der Waals surface area contributed by atoms with Gasteiger partial charge < -0.3 is 0 Å². The van der Waals surface area contributed by atoms with E-state index >= 15 is 0 Å². The van der Waals surface area contributed by atoms with Gasteiger partial charge in [0.2, 0.25) is 0 Å². The molecule has 72 valence electrons. The molecule has 0 aliphatic carbocycles. The van der Waals surface area contributed by atoms with Crippen LogP contribution >= 0.6 is 0 Å². The van der Waals surface area contributed by atoms with E-state index in [1.807, 2.05) is 0 Å². The third-order valence-corrected chi connectivity index (χ3v) is 2.34. The van der Waals surface area contributed by atoms with Crippen molar-refractivity contribution in [3.05, 3.63) is 0 Å². The SMILES string of the molecule is O=C([O][SbH2])C(O)C(O)C(=O)[O][SbH2].[KH]. The van der Waals surface area contributed by atoms with Crippen LogP contribution in [-0.2, 0) is 15.6 Å². The van der Waals surface area contributed by atoms with Crippen LogP contribution in [0.3, 0.4) is 0 Å². The molecule has 0 amide bonds. The van der Waals surface area contributed by atoms with E-state index in [1.165, 1.54) is 0 Å². The second-order valence-corrected chi connectivity index (χ2v) is 3.11. The Hall–Kier alpha value is 2.13. The number of hydrogen-bond donors (Lipinski definition) is 2. The molecular formula is C4H9KO6Sb2. The number of aliphatic hydroxyl groups excluding tert-OH is 2.